The SMILES string of the molecule is Cc1cc(/C=N\NC(=O)Cc2cccc3ccccc23)c(C)n1C1CCCCC1. The maximum absolute atomic E-state index is 12.4. The Kier molecular flexibility index (Phi) is 5.79. The van der Waals surface area contributed by atoms with Crippen molar-refractivity contribution in [3.05, 3.63) is 71.0 Å². The Morgan fingerprint density at radius 1 is 1.10 bits per heavy atom. The normalized spacial score (nSPS) is 15.2. The molecule has 4 heteroatoms. The number of benzene rings is 2. The van der Waals surface area contributed by atoms with Crippen molar-refractivity contribution in [2.45, 2.75) is 58.4 Å². The number of amides is 1. The molecule has 4 rings (SSSR count). The highest BCUT2D eigenvalue weighted by atomic mass is 16.2. The fourth-order valence-corrected chi connectivity index (χ4v) is 4.67. The monoisotopic (exact) mass is 387 g/mol. The molecular formula is C25H29N3O. The summed E-state index contributed by atoms with van der Waals surface area (Å²) in [5.41, 5.74) is 7.32. The topological polar surface area (TPSA) is 46.4 Å². The van der Waals surface area contributed by atoms with Crippen molar-refractivity contribution in [1.29, 1.82) is 0 Å². The molecule has 1 aliphatic rings. The highest BCUT2D eigenvalue weighted by molar-refractivity contribution is 5.90. The standard InChI is InChI=1S/C25H29N3O/c1-18-15-22(19(2)28(18)23-12-4-3-5-13-23)17-26-27-25(29)16-21-11-8-10-20-9-6-7-14-24(20)21/h6-11,14-15,17,23H,3-5,12-13,16H2,1-2H3,(H,27,29)/b26-17-. The molecule has 4 nitrogen and oxygen atoms in total. The molecule has 0 saturated heterocycles. The van der Waals surface area contributed by atoms with Crippen LogP contribution in [-0.2, 0) is 11.2 Å². The Hall–Kier alpha value is -2.88. The molecule has 0 spiro atoms. The van der Waals surface area contributed by atoms with Crippen LogP contribution in [0.25, 0.3) is 10.8 Å². The van der Waals surface area contributed by atoms with Crippen LogP contribution in [0.3, 0.4) is 0 Å². The molecule has 150 valence electrons. The van der Waals surface area contributed by atoms with E-state index in [1.807, 2.05) is 24.3 Å². The van der Waals surface area contributed by atoms with Crippen LogP contribution in [0, 0.1) is 13.8 Å². The van der Waals surface area contributed by atoms with Crippen LogP contribution >= 0.6 is 0 Å². The van der Waals surface area contributed by atoms with E-state index in [0.29, 0.717) is 12.5 Å². The van der Waals surface area contributed by atoms with Gasteiger partial charge in [0.05, 0.1) is 12.6 Å². The highest BCUT2D eigenvalue weighted by Gasteiger charge is 2.19. The minimum Gasteiger partial charge on any atom is -0.345 e. The molecule has 1 N–H and O–H groups in total. The number of fused-ring (bicyclic) bond motifs is 1. The Labute approximate surface area is 172 Å². The summed E-state index contributed by atoms with van der Waals surface area (Å²) in [5, 5.41) is 6.51. The number of rotatable bonds is 5. The number of hydrazone groups is 1. The molecule has 1 aliphatic carbocycles. The van der Waals surface area contributed by atoms with E-state index in [-0.39, 0.29) is 5.91 Å². The largest absolute Gasteiger partial charge is 0.345 e. The van der Waals surface area contributed by atoms with E-state index in [1.165, 1.54) is 43.5 Å². The second-order valence-corrected chi connectivity index (χ2v) is 8.10. The number of nitrogens with zero attached hydrogens (tertiary/aromatic N) is 2. The van der Waals surface area contributed by atoms with Crippen LogP contribution in [0.15, 0.2) is 53.6 Å². The molecule has 3 aromatic rings. The van der Waals surface area contributed by atoms with Crippen LogP contribution in [-0.4, -0.2) is 16.7 Å². The van der Waals surface area contributed by atoms with Gasteiger partial charge >= 0.3 is 0 Å². The van der Waals surface area contributed by atoms with E-state index in [2.05, 4.69) is 53.2 Å². The van der Waals surface area contributed by atoms with Gasteiger partial charge in [0, 0.05) is 23.0 Å². The number of nitrogens with one attached hydrogen (secondary N) is 1. The van der Waals surface area contributed by atoms with Crippen LogP contribution in [0.1, 0.15) is 60.7 Å². The Morgan fingerprint density at radius 3 is 2.69 bits per heavy atom. The van der Waals surface area contributed by atoms with Gasteiger partial charge in [0.2, 0.25) is 5.91 Å². The predicted octanol–water partition coefficient (Wildman–Crippen LogP) is 5.46. The summed E-state index contributed by atoms with van der Waals surface area (Å²) in [4.78, 5) is 12.4. The van der Waals surface area contributed by atoms with E-state index in [1.54, 1.807) is 6.21 Å². The molecule has 0 aliphatic heterocycles. The summed E-state index contributed by atoms with van der Waals surface area (Å²) in [6, 6.07) is 17.0. The lowest BCUT2D eigenvalue weighted by atomic mass is 9.95. The molecule has 1 saturated carbocycles. The quantitative estimate of drug-likeness (QED) is 0.459. The van der Waals surface area contributed by atoms with E-state index < -0.39 is 0 Å². The lowest BCUT2D eigenvalue weighted by Gasteiger charge is -2.26. The number of hydrogen-bond donors (Lipinski definition) is 1. The van der Waals surface area contributed by atoms with Crippen LogP contribution in [0.2, 0.25) is 0 Å². The number of aromatic nitrogens is 1. The third-order valence-corrected chi connectivity index (χ3v) is 6.09. The zero-order chi connectivity index (χ0) is 20.2. The third-order valence-electron chi connectivity index (χ3n) is 6.09. The first-order chi connectivity index (χ1) is 14.1. The fourth-order valence-electron chi connectivity index (χ4n) is 4.67. The summed E-state index contributed by atoms with van der Waals surface area (Å²) in [7, 11) is 0. The molecule has 1 heterocycles. The maximum Gasteiger partial charge on any atom is 0.244 e. The first-order valence-corrected chi connectivity index (χ1v) is 10.6. The van der Waals surface area contributed by atoms with Gasteiger partial charge in [-0.15, -0.1) is 0 Å². The Bertz CT molecular complexity index is 1040. The first-order valence-electron chi connectivity index (χ1n) is 10.6. The van der Waals surface area contributed by atoms with Crippen molar-refractivity contribution in [3.8, 4) is 0 Å². The van der Waals surface area contributed by atoms with E-state index in [9.17, 15) is 4.79 Å². The minimum atomic E-state index is -0.0984. The van der Waals surface area contributed by atoms with Crippen LogP contribution in [0.4, 0.5) is 0 Å². The lowest BCUT2D eigenvalue weighted by molar-refractivity contribution is -0.120. The van der Waals surface area contributed by atoms with Gasteiger partial charge in [0.15, 0.2) is 0 Å². The smallest absolute Gasteiger partial charge is 0.244 e. The van der Waals surface area contributed by atoms with E-state index in [0.717, 1.165) is 21.9 Å². The second-order valence-electron chi connectivity index (χ2n) is 8.10. The number of hydrogen-bond acceptors (Lipinski definition) is 2. The molecule has 0 radical (unpaired) electrons. The van der Waals surface area contributed by atoms with Gasteiger partial charge in [-0.3, -0.25) is 4.79 Å². The van der Waals surface area contributed by atoms with Crippen molar-refractivity contribution < 1.29 is 4.79 Å². The van der Waals surface area contributed by atoms with Crippen molar-refractivity contribution in [2.75, 3.05) is 0 Å². The van der Waals surface area contributed by atoms with Gasteiger partial charge in [-0.05, 0) is 49.1 Å². The second kappa shape index (κ2) is 8.64. The molecule has 0 unspecified atom stereocenters. The average Bonchev–Trinajstić information content (AvgIpc) is 3.02. The minimum absolute atomic E-state index is 0.0984. The predicted molar refractivity (Wildman–Crippen MR) is 119 cm³/mol. The summed E-state index contributed by atoms with van der Waals surface area (Å²) in [6.07, 6.45) is 8.60. The van der Waals surface area contributed by atoms with Gasteiger partial charge in [-0.1, -0.05) is 61.7 Å². The molecule has 0 atom stereocenters. The molecular weight excluding hydrogens is 358 g/mol. The molecule has 29 heavy (non-hydrogen) atoms. The van der Waals surface area contributed by atoms with E-state index in [4.69, 9.17) is 0 Å². The van der Waals surface area contributed by atoms with Crippen LogP contribution in [0.5, 0.6) is 0 Å². The van der Waals surface area contributed by atoms with Gasteiger partial charge in [0.1, 0.15) is 0 Å². The number of carbonyl (C=O) groups excluding carboxylic acids is 1. The number of aryl methyl sites for hydroxylation is 1. The van der Waals surface area contributed by atoms with Gasteiger partial charge in [0.25, 0.3) is 0 Å². The lowest BCUT2D eigenvalue weighted by Crippen LogP contribution is -2.20. The molecule has 1 amide bonds. The summed E-state index contributed by atoms with van der Waals surface area (Å²) < 4.78 is 2.46. The Balaban J connectivity index is 1.43. The summed E-state index contributed by atoms with van der Waals surface area (Å²) in [5.74, 6) is -0.0984. The van der Waals surface area contributed by atoms with Crippen molar-refractivity contribution in [1.82, 2.24) is 9.99 Å². The Morgan fingerprint density at radius 2 is 1.86 bits per heavy atom. The molecule has 1 fully saturated rings. The zero-order valence-electron chi connectivity index (χ0n) is 17.3. The summed E-state index contributed by atoms with van der Waals surface area (Å²) in [6.45, 7) is 4.32. The van der Waals surface area contributed by atoms with E-state index >= 15 is 0 Å². The van der Waals surface area contributed by atoms with Crippen molar-refractivity contribution in [3.63, 3.8) is 0 Å². The third kappa shape index (κ3) is 4.26. The fraction of sp³-hybridized carbons (Fsp3) is 0.360. The van der Waals surface area contributed by atoms with Gasteiger partial charge in [-0.25, -0.2) is 5.43 Å². The van der Waals surface area contributed by atoms with Gasteiger partial charge in [-0.2, -0.15) is 5.10 Å². The molecule has 1 aromatic heterocycles. The molecule has 0 bridgehead atoms. The average molecular weight is 388 g/mol. The van der Waals surface area contributed by atoms with Crippen molar-refractivity contribution >= 4 is 22.9 Å². The zero-order valence-corrected chi connectivity index (χ0v) is 17.3. The van der Waals surface area contributed by atoms with Gasteiger partial charge < -0.3 is 4.57 Å². The number of carbonyl (C=O) groups is 1. The first kappa shape index (κ1) is 19.4. The highest BCUT2D eigenvalue weighted by Crippen LogP contribution is 2.31. The molecule has 2 aromatic carbocycles. The summed E-state index contributed by atoms with van der Waals surface area (Å²) >= 11 is 0. The maximum atomic E-state index is 12.4. The van der Waals surface area contributed by atoms with Crippen molar-refractivity contribution in [2.24, 2.45) is 5.10 Å². The van der Waals surface area contributed by atoms with Crippen LogP contribution < -0.4 is 5.43 Å².